The molecule has 0 aromatic heterocycles. The van der Waals surface area contributed by atoms with Gasteiger partial charge < -0.3 is 28.8 Å². The molecular formula is C65H125N2O6P. The number of hydrogen-bond donors (Lipinski definition) is 2. The number of likely N-dealkylation sites (N-methyl/N-ethyl adjacent to an activating group) is 1. The van der Waals surface area contributed by atoms with E-state index in [0.717, 1.165) is 51.4 Å². The van der Waals surface area contributed by atoms with Gasteiger partial charge >= 0.3 is 0 Å². The largest absolute Gasteiger partial charge is 0.756 e. The zero-order chi connectivity index (χ0) is 54.2. The molecule has 1 amide bonds. The molecule has 74 heavy (non-hydrogen) atoms. The molecule has 8 nitrogen and oxygen atoms in total. The van der Waals surface area contributed by atoms with E-state index < -0.39 is 26.6 Å². The first-order valence-corrected chi connectivity index (χ1v) is 33.5. The van der Waals surface area contributed by atoms with Crippen molar-refractivity contribution >= 4 is 13.7 Å². The molecule has 0 heterocycles. The molecule has 0 aliphatic carbocycles. The van der Waals surface area contributed by atoms with Gasteiger partial charge in [-0.25, -0.2) is 0 Å². The van der Waals surface area contributed by atoms with Gasteiger partial charge in [0.15, 0.2) is 0 Å². The maximum absolute atomic E-state index is 12.9. The maximum Gasteiger partial charge on any atom is 0.268 e. The molecule has 3 atom stereocenters. The van der Waals surface area contributed by atoms with E-state index in [2.05, 4.69) is 55.6 Å². The summed E-state index contributed by atoms with van der Waals surface area (Å²) in [6, 6.07) is -0.909. The maximum atomic E-state index is 12.9. The lowest BCUT2D eigenvalue weighted by molar-refractivity contribution is -0.870. The Balaban J connectivity index is 3.89. The van der Waals surface area contributed by atoms with Crippen LogP contribution in [0.1, 0.15) is 309 Å². The van der Waals surface area contributed by atoms with Gasteiger partial charge in [-0.2, -0.15) is 0 Å². The molecule has 436 valence electrons. The highest BCUT2D eigenvalue weighted by Gasteiger charge is 2.23. The lowest BCUT2D eigenvalue weighted by Gasteiger charge is -2.29. The highest BCUT2D eigenvalue weighted by Crippen LogP contribution is 2.38. The van der Waals surface area contributed by atoms with Crippen LogP contribution in [0.25, 0.3) is 0 Å². The zero-order valence-electron chi connectivity index (χ0n) is 49.8. The summed E-state index contributed by atoms with van der Waals surface area (Å²) >= 11 is 0. The van der Waals surface area contributed by atoms with Crippen LogP contribution in [-0.2, 0) is 18.4 Å². The number of phosphoric acid groups is 1. The summed E-state index contributed by atoms with van der Waals surface area (Å²) in [6.07, 6.45) is 75.4. The summed E-state index contributed by atoms with van der Waals surface area (Å²) in [6.45, 7) is 4.61. The van der Waals surface area contributed by atoms with Crippen molar-refractivity contribution in [2.24, 2.45) is 0 Å². The van der Waals surface area contributed by atoms with E-state index in [0.29, 0.717) is 17.4 Å². The Hall–Kier alpha value is -1.54. The third-order valence-electron chi connectivity index (χ3n) is 14.5. The van der Waals surface area contributed by atoms with Gasteiger partial charge in [-0.15, -0.1) is 0 Å². The van der Waals surface area contributed by atoms with Crippen molar-refractivity contribution in [3.05, 3.63) is 48.6 Å². The molecule has 0 radical (unpaired) electrons. The van der Waals surface area contributed by atoms with Gasteiger partial charge in [0.1, 0.15) is 13.2 Å². The van der Waals surface area contributed by atoms with Gasteiger partial charge in [0, 0.05) is 6.42 Å². The number of allylic oxidation sites excluding steroid dienone is 7. The molecule has 0 aromatic carbocycles. The van der Waals surface area contributed by atoms with Gasteiger partial charge in [0.2, 0.25) is 5.91 Å². The lowest BCUT2D eigenvalue weighted by Crippen LogP contribution is -2.45. The number of amides is 1. The molecule has 0 fully saturated rings. The van der Waals surface area contributed by atoms with E-state index in [1.54, 1.807) is 6.08 Å². The Morgan fingerprint density at radius 2 is 0.757 bits per heavy atom. The predicted octanol–water partition coefficient (Wildman–Crippen LogP) is 19.2. The molecule has 0 rings (SSSR count). The van der Waals surface area contributed by atoms with E-state index in [9.17, 15) is 19.4 Å². The van der Waals surface area contributed by atoms with Crippen LogP contribution in [0.3, 0.4) is 0 Å². The minimum Gasteiger partial charge on any atom is -0.756 e. The Kier molecular flexibility index (Phi) is 55.0. The third kappa shape index (κ3) is 58.1. The van der Waals surface area contributed by atoms with E-state index in [1.807, 2.05) is 27.2 Å². The second kappa shape index (κ2) is 56.2. The van der Waals surface area contributed by atoms with Crippen LogP contribution < -0.4 is 10.2 Å². The summed E-state index contributed by atoms with van der Waals surface area (Å²) in [7, 11) is 1.24. The fourth-order valence-electron chi connectivity index (χ4n) is 9.48. The summed E-state index contributed by atoms with van der Waals surface area (Å²) in [4.78, 5) is 25.5. The molecule has 9 heteroatoms. The van der Waals surface area contributed by atoms with Crippen LogP contribution in [0.4, 0.5) is 0 Å². The van der Waals surface area contributed by atoms with Crippen LogP contribution in [0.2, 0.25) is 0 Å². The topological polar surface area (TPSA) is 108 Å². The first kappa shape index (κ1) is 72.5. The van der Waals surface area contributed by atoms with Crippen LogP contribution in [0, 0.1) is 0 Å². The number of hydrogen-bond acceptors (Lipinski definition) is 6. The molecule has 0 saturated heterocycles. The summed E-state index contributed by atoms with van der Waals surface area (Å²) in [5.41, 5.74) is 0. The number of carbonyl (C=O) groups excluding carboxylic acids is 1. The average molecular weight is 1060 g/mol. The molecule has 0 aromatic rings. The van der Waals surface area contributed by atoms with Crippen molar-refractivity contribution in [1.82, 2.24) is 5.32 Å². The summed E-state index contributed by atoms with van der Waals surface area (Å²) < 4.78 is 23.3. The third-order valence-corrected chi connectivity index (χ3v) is 15.5. The van der Waals surface area contributed by atoms with Crippen molar-refractivity contribution in [1.29, 1.82) is 0 Å². The van der Waals surface area contributed by atoms with Crippen molar-refractivity contribution in [2.45, 2.75) is 321 Å². The summed E-state index contributed by atoms with van der Waals surface area (Å²) in [5, 5.41) is 13.8. The van der Waals surface area contributed by atoms with Crippen LogP contribution in [0.15, 0.2) is 48.6 Å². The quantitative estimate of drug-likeness (QED) is 0.0272. The number of nitrogens with zero attached hydrogens (tertiary/aromatic N) is 1. The minimum absolute atomic E-state index is 0.00886. The van der Waals surface area contributed by atoms with Crippen molar-refractivity contribution < 1.29 is 32.9 Å². The second-order valence-electron chi connectivity index (χ2n) is 23.1. The highest BCUT2D eigenvalue weighted by atomic mass is 31.2. The molecule has 0 aliphatic rings. The number of phosphoric ester groups is 1. The van der Waals surface area contributed by atoms with Gasteiger partial charge in [0.25, 0.3) is 7.82 Å². The highest BCUT2D eigenvalue weighted by molar-refractivity contribution is 7.45. The average Bonchev–Trinajstić information content (AvgIpc) is 3.36. The van der Waals surface area contributed by atoms with E-state index >= 15 is 0 Å². The fraction of sp³-hybridized carbons (Fsp3) is 0.862. The molecule has 3 unspecified atom stereocenters. The number of rotatable bonds is 59. The van der Waals surface area contributed by atoms with Crippen LogP contribution in [0.5, 0.6) is 0 Å². The Morgan fingerprint density at radius 1 is 0.459 bits per heavy atom. The molecule has 2 N–H and O–H groups in total. The SMILES string of the molecule is CCCCC/C=C/CC/C=C/CC/C=C/C(O)C(COP(=O)([O-])OCC[N+](C)(C)C)NC(=O)CCCCCCCCCCCCCCCCCCC/C=C\CCCCCCCCCCCCCCCCCCCC. The van der Waals surface area contributed by atoms with Crippen molar-refractivity contribution in [3.63, 3.8) is 0 Å². The molecule has 0 bridgehead atoms. The van der Waals surface area contributed by atoms with Gasteiger partial charge in [-0.3, -0.25) is 9.36 Å². The first-order chi connectivity index (χ1) is 36.0. The molecule has 0 aliphatic heterocycles. The first-order valence-electron chi connectivity index (χ1n) is 32.0. The number of aliphatic hydroxyl groups excluding tert-OH is 1. The molecule has 0 saturated carbocycles. The number of aliphatic hydroxyl groups is 1. The van der Waals surface area contributed by atoms with Gasteiger partial charge in [-0.05, 0) is 70.6 Å². The van der Waals surface area contributed by atoms with Crippen molar-refractivity contribution in [2.75, 3.05) is 40.9 Å². The molecular weight excluding hydrogens is 936 g/mol. The van der Waals surface area contributed by atoms with Gasteiger partial charge in [0.05, 0.1) is 39.9 Å². The second-order valence-corrected chi connectivity index (χ2v) is 24.5. The van der Waals surface area contributed by atoms with E-state index in [4.69, 9.17) is 9.05 Å². The Labute approximate surface area is 460 Å². The molecule has 0 spiro atoms. The number of quaternary nitrogens is 1. The number of unbranched alkanes of at least 4 members (excludes halogenated alkanes) is 40. The standard InChI is InChI=1S/C65H125N2O6P/c1-6-8-10-12-14-16-18-20-21-22-23-24-25-26-27-28-29-30-31-32-33-34-35-36-37-38-39-40-41-42-43-44-45-47-49-51-53-55-57-59-65(69)66-63(62-73-74(70,71)72-61-60-67(3,4)5)64(68)58-56-54-52-50-48-46-19-17-15-13-11-9-7-2/h15,17,32-33,48,50,56,58,63-64,68H,6-14,16,18-31,34-47,49,51-55,57,59-62H2,1-5H3,(H-,66,69,70,71)/b17-15+,33-32-,50-48+,58-56+. The predicted molar refractivity (Wildman–Crippen MR) is 321 cm³/mol. The fourth-order valence-corrected chi connectivity index (χ4v) is 10.2. The summed E-state index contributed by atoms with van der Waals surface area (Å²) in [5.74, 6) is -0.209. The van der Waals surface area contributed by atoms with E-state index in [1.165, 1.54) is 238 Å². The Bertz CT molecular complexity index is 1340. The normalized spacial score (nSPS) is 14.1. The number of carbonyl (C=O) groups is 1. The van der Waals surface area contributed by atoms with Crippen LogP contribution in [-0.4, -0.2) is 68.5 Å². The zero-order valence-corrected chi connectivity index (χ0v) is 50.7. The van der Waals surface area contributed by atoms with Crippen LogP contribution >= 0.6 is 7.82 Å². The minimum atomic E-state index is -4.61. The monoisotopic (exact) mass is 1060 g/mol. The van der Waals surface area contributed by atoms with E-state index in [-0.39, 0.29) is 12.5 Å². The lowest BCUT2D eigenvalue weighted by atomic mass is 10.0. The smallest absolute Gasteiger partial charge is 0.268 e. The Morgan fingerprint density at radius 3 is 1.12 bits per heavy atom. The number of nitrogens with one attached hydrogen (secondary N) is 1. The van der Waals surface area contributed by atoms with Crippen molar-refractivity contribution in [3.8, 4) is 0 Å². The van der Waals surface area contributed by atoms with Gasteiger partial charge in [-0.1, -0.05) is 281 Å².